The number of aromatic nitrogens is 1. The third-order valence-corrected chi connectivity index (χ3v) is 3.07. The monoisotopic (exact) mass is 219 g/mol. The zero-order valence-corrected chi connectivity index (χ0v) is 9.49. The molecule has 1 saturated carbocycles. The van der Waals surface area contributed by atoms with E-state index in [1.54, 1.807) is 6.20 Å². The second-order valence-corrected chi connectivity index (χ2v) is 4.40. The van der Waals surface area contributed by atoms with Gasteiger partial charge in [0, 0.05) is 5.92 Å². The van der Waals surface area contributed by atoms with E-state index in [0.717, 1.165) is 31.2 Å². The Morgan fingerprint density at radius 3 is 2.81 bits per heavy atom. The Kier molecular flexibility index (Phi) is 3.08. The standard InChI is InChI=1S/C12H17N3O/c1-8-6-10(13)7-14-11(8)15-12(16)9-4-2-3-5-9/h6-7,9H,2-5,13H2,1H3,(H,14,15,16). The molecule has 16 heavy (non-hydrogen) atoms. The number of hydrogen-bond donors (Lipinski definition) is 2. The number of carbonyl (C=O) groups is 1. The Hall–Kier alpha value is -1.58. The minimum Gasteiger partial charge on any atom is -0.397 e. The molecule has 1 aliphatic carbocycles. The van der Waals surface area contributed by atoms with Crippen molar-refractivity contribution in [2.45, 2.75) is 32.6 Å². The number of rotatable bonds is 2. The van der Waals surface area contributed by atoms with E-state index in [9.17, 15) is 4.79 Å². The van der Waals surface area contributed by atoms with Crippen molar-refractivity contribution in [1.29, 1.82) is 0 Å². The van der Waals surface area contributed by atoms with E-state index in [0.29, 0.717) is 11.5 Å². The van der Waals surface area contributed by atoms with Crippen molar-refractivity contribution in [1.82, 2.24) is 4.98 Å². The van der Waals surface area contributed by atoms with Crippen LogP contribution in [-0.4, -0.2) is 10.9 Å². The van der Waals surface area contributed by atoms with E-state index in [-0.39, 0.29) is 11.8 Å². The van der Waals surface area contributed by atoms with E-state index in [1.807, 2.05) is 13.0 Å². The molecule has 0 spiro atoms. The summed E-state index contributed by atoms with van der Waals surface area (Å²) in [5.74, 6) is 0.891. The van der Waals surface area contributed by atoms with Crippen molar-refractivity contribution < 1.29 is 4.79 Å². The maximum atomic E-state index is 11.9. The van der Waals surface area contributed by atoms with Crippen molar-refractivity contribution in [3.05, 3.63) is 17.8 Å². The molecule has 1 aromatic rings. The fourth-order valence-corrected chi connectivity index (χ4v) is 2.13. The normalized spacial score (nSPS) is 16.3. The van der Waals surface area contributed by atoms with Crippen LogP contribution in [0.3, 0.4) is 0 Å². The number of pyridine rings is 1. The van der Waals surface area contributed by atoms with Gasteiger partial charge in [0.1, 0.15) is 5.82 Å². The summed E-state index contributed by atoms with van der Waals surface area (Å²) in [6.45, 7) is 1.90. The van der Waals surface area contributed by atoms with Gasteiger partial charge in [-0.1, -0.05) is 12.8 Å². The number of nitrogen functional groups attached to an aromatic ring is 1. The molecule has 1 fully saturated rings. The molecule has 0 aliphatic heterocycles. The Labute approximate surface area is 95.3 Å². The molecule has 86 valence electrons. The van der Waals surface area contributed by atoms with Crippen LogP contribution < -0.4 is 11.1 Å². The van der Waals surface area contributed by atoms with Crippen LogP contribution in [0, 0.1) is 12.8 Å². The van der Waals surface area contributed by atoms with Gasteiger partial charge in [0.15, 0.2) is 0 Å². The summed E-state index contributed by atoms with van der Waals surface area (Å²) in [6, 6.07) is 1.82. The molecule has 0 bridgehead atoms. The first-order valence-corrected chi connectivity index (χ1v) is 5.70. The van der Waals surface area contributed by atoms with E-state index in [4.69, 9.17) is 5.73 Å². The number of hydrogen-bond acceptors (Lipinski definition) is 3. The van der Waals surface area contributed by atoms with Crippen LogP contribution >= 0.6 is 0 Å². The van der Waals surface area contributed by atoms with Gasteiger partial charge in [-0.2, -0.15) is 0 Å². The summed E-state index contributed by atoms with van der Waals surface area (Å²) in [5, 5.41) is 2.87. The number of nitrogens with one attached hydrogen (secondary N) is 1. The first-order valence-electron chi connectivity index (χ1n) is 5.70. The molecule has 1 amide bonds. The number of carbonyl (C=O) groups excluding carboxylic acids is 1. The van der Waals surface area contributed by atoms with Crippen molar-refractivity contribution in [3.63, 3.8) is 0 Å². The third-order valence-electron chi connectivity index (χ3n) is 3.07. The molecule has 0 radical (unpaired) electrons. The molecule has 1 aliphatic rings. The molecule has 0 unspecified atom stereocenters. The first-order chi connectivity index (χ1) is 7.66. The van der Waals surface area contributed by atoms with Crippen molar-refractivity contribution in [2.75, 3.05) is 11.1 Å². The second-order valence-electron chi connectivity index (χ2n) is 4.40. The van der Waals surface area contributed by atoms with Gasteiger partial charge in [0.25, 0.3) is 0 Å². The summed E-state index contributed by atoms with van der Waals surface area (Å²) >= 11 is 0. The topological polar surface area (TPSA) is 68.0 Å². The molecule has 0 atom stereocenters. The third kappa shape index (κ3) is 2.32. The van der Waals surface area contributed by atoms with E-state index in [2.05, 4.69) is 10.3 Å². The Balaban J connectivity index is 2.05. The number of anilines is 2. The molecule has 0 aromatic carbocycles. The highest BCUT2D eigenvalue weighted by Crippen LogP contribution is 2.26. The van der Waals surface area contributed by atoms with Crippen LogP contribution in [-0.2, 0) is 4.79 Å². The van der Waals surface area contributed by atoms with E-state index >= 15 is 0 Å². The minimum atomic E-state index is 0.0953. The molecule has 2 rings (SSSR count). The number of aryl methyl sites for hydroxylation is 1. The predicted octanol–water partition coefficient (Wildman–Crippen LogP) is 2.10. The fourth-order valence-electron chi connectivity index (χ4n) is 2.13. The lowest BCUT2D eigenvalue weighted by Crippen LogP contribution is -2.21. The molecule has 0 saturated heterocycles. The van der Waals surface area contributed by atoms with Crippen molar-refractivity contribution in [2.24, 2.45) is 5.92 Å². The fraction of sp³-hybridized carbons (Fsp3) is 0.500. The van der Waals surface area contributed by atoms with E-state index < -0.39 is 0 Å². The summed E-state index contributed by atoms with van der Waals surface area (Å²) < 4.78 is 0. The number of nitrogens with two attached hydrogens (primary N) is 1. The molecule has 4 heteroatoms. The lowest BCUT2D eigenvalue weighted by Gasteiger charge is -2.11. The maximum Gasteiger partial charge on any atom is 0.228 e. The van der Waals surface area contributed by atoms with Crippen LogP contribution in [0.25, 0.3) is 0 Å². The average molecular weight is 219 g/mol. The zero-order valence-electron chi connectivity index (χ0n) is 9.49. The molecular formula is C12H17N3O. The SMILES string of the molecule is Cc1cc(N)cnc1NC(=O)C1CCCC1. The van der Waals surface area contributed by atoms with E-state index in [1.165, 1.54) is 0 Å². The first kappa shape index (κ1) is 10.9. The van der Waals surface area contributed by atoms with Gasteiger partial charge >= 0.3 is 0 Å². The molecular weight excluding hydrogens is 202 g/mol. The highest BCUT2D eigenvalue weighted by atomic mass is 16.1. The van der Waals surface area contributed by atoms with Crippen LogP contribution in [0.5, 0.6) is 0 Å². The zero-order chi connectivity index (χ0) is 11.5. The van der Waals surface area contributed by atoms with Crippen molar-refractivity contribution in [3.8, 4) is 0 Å². The minimum absolute atomic E-state index is 0.0953. The van der Waals surface area contributed by atoms with Gasteiger partial charge in [-0.15, -0.1) is 0 Å². The molecule has 1 heterocycles. The van der Waals surface area contributed by atoms with Crippen LogP contribution in [0.1, 0.15) is 31.2 Å². The number of nitrogens with zero attached hydrogens (tertiary/aromatic N) is 1. The summed E-state index contributed by atoms with van der Waals surface area (Å²) in [7, 11) is 0. The summed E-state index contributed by atoms with van der Waals surface area (Å²) in [5.41, 5.74) is 7.14. The Morgan fingerprint density at radius 2 is 2.19 bits per heavy atom. The van der Waals surface area contributed by atoms with Gasteiger partial charge < -0.3 is 11.1 Å². The highest BCUT2D eigenvalue weighted by Gasteiger charge is 2.23. The predicted molar refractivity (Wildman–Crippen MR) is 64.0 cm³/mol. The summed E-state index contributed by atoms with van der Waals surface area (Å²) in [4.78, 5) is 16.0. The van der Waals surface area contributed by atoms with Crippen LogP contribution in [0.4, 0.5) is 11.5 Å². The lowest BCUT2D eigenvalue weighted by atomic mass is 10.1. The molecule has 4 nitrogen and oxygen atoms in total. The van der Waals surface area contributed by atoms with Gasteiger partial charge in [0.2, 0.25) is 5.91 Å². The van der Waals surface area contributed by atoms with Gasteiger partial charge in [-0.25, -0.2) is 4.98 Å². The van der Waals surface area contributed by atoms with Gasteiger partial charge in [-0.05, 0) is 31.4 Å². The van der Waals surface area contributed by atoms with Crippen LogP contribution in [0.2, 0.25) is 0 Å². The van der Waals surface area contributed by atoms with Crippen molar-refractivity contribution >= 4 is 17.4 Å². The quantitative estimate of drug-likeness (QED) is 0.800. The smallest absolute Gasteiger partial charge is 0.228 e. The number of amides is 1. The Bertz CT molecular complexity index is 397. The largest absolute Gasteiger partial charge is 0.397 e. The second kappa shape index (κ2) is 4.51. The van der Waals surface area contributed by atoms with Gasteiger partial charge in [-0.3, -0.25) is 4.79 Å². The van der Waals surface area contributed by atoms with Gasteiger partial charge in [0.05, 0.1) is 11.9 Å². The lowest BCUT2D eigenvalue weighted by molar-refractivity contribution is -0.119. The molecule has 1 aromatic heterocycles. The van der Waals surface area contributed by atoms with Crippen LogP contribution in [0.15, 0.2) is 12.3 Å². The maximum absolute atomic E-state index is 11.9. The highest BCUT2D eigenvalue weighted by molar-refractivity contribution is 5.92. The summed E-state index contributed by atoms with van der Waals surface area (Å²) in [6.07, 6.45) is 5.88. The average Bonchev–Trinajstić information content (AvgIpc) is 2.75. The molecule has 3 N–H and O–H groups in total. The Morgan fingerprint density at radius 1 is 1.50 bits per heavy atom.